The second-order valence-electron chi connectivity index (χ2n) is 7.39. The first kappa shape index (κ1) is 23.6. The summed E-state index contributed by atoms with van der Waals surface area (Å²) in [6, 6.07) is 0. The molecule has 0 aliphatic rings. The maximum Gasteiger partial charge on any atom is 0.303 e. The molecule has 0 amide bonds. The lowest BCUT2D eigenvalue weighted by molar-refractivity contribution is -0.137. The number of hydrogen-bond donors (Lipinski definition) is 2. The van der Waals surface area contributed by atoms with Crippen LogP contribution in [-0.2, 0) is 4.79 Å². The summed E-state index contributed by atoms with van der Waals surface area (Å²) < 4.78 is 0. The Morgan fingerprint density at radius 1 is 0.960 bits per heavy atom. The molecule has 1 unspecified atom stereocenters. The minimum Gasteiger partial charge on any atom is -0.481 e. The van der Waals surface area contributed by atoms with E-state index >= 15 is 0 Å². The van der Waals surface area contributed by atoms with Crippen LogP contribution in [0.15, 0.2) is 36.5 Å². The van der Waals surface area contributed by atoms with Crippen molar-refractivity contribution < 1.29 is 15.0 Å². The van der Waals surface area contributed by atoms with E-state index in [1.165, 1.54) is 0 Å². The van der Waals surface area contributed by atoms with Gasteiger partial charge in [0.1, 0.15) is 0 Å². The number of carboxylic acids is 1. The van der Waals surface area contributed by atoms with Crippen molar-refractivity contribution in [3.8, 4) is 0 Å². The minimum absolute atomic E-state index is 0.0584. The average Bonchev–Trinajstić information content (AvgIpc) is 2.56. The van der Waals surface area contributed by atoms with Crippen molar-refractivity contribution >= 4 is 5.97 Å². The van der Waals surface area contributed by atoms with Crippen molar-refractivity contribution in [1.82, 2.24) is 0 Å². The number of rotatable bonds is 15. The second kappa shape index (κ2) is 14.9. The van der Waals surface area contributed by atoms with E-state index in [1.807, 2.05) is 18.2 Å². The van der Waals surface area contributed by atoms with Gasteiger partial charge in [0.15, 0.2) is 0 Å². The number of carboxylic acid groups (broad SMARTS) is 1. The molecule has 1 atom stereocenters. The Bertz CT molecular complexity index is 419. The number of hydrogen-bond acceptors (Lipinski definition) is 2. The summed E-state index contributed by atoms with van der Waals surface area (Å²) in [5, 5.41) is 18.8. The molecule has 3 nitrogen and oxygen atoms in total. The van der Waals surface area contributed by atoms with Crippen LogP contribution in [0.3, 0.4) is 0 Å². The van der Waals surface area contributed by atoms with Crippen LogP contribution in [0, 0.1) is 5.41 Å². The number of carbonyl (C=O) groups is 1. The van der Waals surface area contributed by atoms with E-state index in [1.54, 1.807) is 0 Å². The molecule has 144 valence electrons. The molecule has 0 bridgehead atoms. The fraction of sp³-hybridized carbons (Fsp3) is 0.682. The minimum atomic E-state index is -0.716. The molecule has 0 rings (SSSR count). The highest BCUT2D eigenvalue weighted by molar-refractivity contribution is 5.66. The normalized spacial score (nSPS) is 14.1. The molecule has 2 N–H and O–H groups in total. The van der Waals surface area contributed by atoms with Crippen LogP contribution >= 0.6 is 0 Å². The highest BCUT2D eigenvalue weighted by Crippen LogP contribution is 2.28. The Balaban J connectivity index is 3.71. The van der Waals surface area contributed by atoms with Gasteiger partial charge >= 0.3 is 5.97 Å². The molecule has 0 aromatic heterocycles. The van der Waals surface area contributed by atoms with Gasteiger partial charge < -0.3 is 10.2 Å². The molecule has 3 heteroatoms. The fourth-order valence-corrected chi connectivity index (χ4v) is 2.52. The Morgan fingerprint density at radius 2 is 1.56 bits per heavy atom. The van der Waals surface area contributed by atoms with E-state index in [0.717, 1.165) is 57.8 Å². The van der Waals surface area contributed by atoms with Crippen LogP contribution in [0.25, 0.3) is 0 Å². The highest BCUT2D eigenvalue weighted by atomic mass is 16.4. The lowest BCUT2D eigenvalue weighted by Gasteiger charge is -2.28. The van der Waals surface area contributed by atoms with Crippen molar-refractivity contribution in [2.45, 2.75) is 91.1 Å². The van der Waals surface area contributed by atoms with Crippen molar-refractivity contribution in [3.63, 3.8) is 0 Å². The van der Waals surface area contributed by atoms with E-state index in [0.29, 0.717) is 0 Å². The molecular formula is C22H38O3. The summed E-state index contributed by atoms with van der Waals surface area (Å²) in [6.45, 7) is 6.42. The molecule has 0 radical (unpaired) electrons. The third-order valence-corrected chi connectivity index (χ3v) is 4.44. The zero-order valence-electron chi connectivity index (χ0n) is 16.4. The Kier molecular flexibility index (Phi) is 14.1. The molecule has 0 fully saturated rings. The number of allylic oxidation sites excluding steroid dienone is 5. The molecule has 0 heterocycles. The zero-order valence-corrected chi connectivity index (χ0v) is 16.4. The lowest BCUT2D eigenvalue weighted by Crippen LogP contribution is -2.27. The predicted octanol–water partition coefficient (Wildman–Crippen LogP) is 6.05. The van der Waals surface area contributed by atoms with Crippen molar-refractivity contribution in [3.05, 3.63) is 36.5 Å². The monoisotopic (exact) mass is 350 g/mol. The van der Waals surface area contributed by atoms with Gasteiger partial charge in [0.05, 0.1) is 6.10 Å². The number of aliphatic carboxylic acids is 1. The van der Waals surface area contributed by atoms with Crippen LogP contribution < -0.4 is 0 Å². The second-order valence-corrected chi connectivity index (χ2v) is 7.39. The summed E-state index contributed by atoms with van der Waals surface area (Å²) in [4.78, 5) is 10.4. The van der Waals surface area contributed by atoms with Crippen LogP contribution in [-0.4, -0.2) is 22.3 Å². The van der Waals surface area contributed by atoms with E-state index < -0.39 is 12.1 Å². The van der Waals surface area contributed by atoms with Gasteiger partial charge in [-0.15, -0.1) is 0 Å². The quantitative estimate of drug-likeness (QED) is 0.215. The molecule has 0 spiro atoms. The van der Waals surface area contributed by atoms with Gasteiger partial charge in [-0.2, -0.15) is 0 Å². The van der Waals surface area contributed by atoms with Gasteiger partial charge in [-0.1, -0.05) is 70.1 Å². The first-order chi connectivity index (χ1) is 11.9. The summed E-state index contributed by atoms with van der Waals surface area (Å²) in [7, 11) is 0. The molecular weight excluding hydrogens is 312 g/mol. The first-order valence-electron chi connectivity index (χ1n) is 9.78. The smallest absolute Gasteiger partial charge is 0.303 e. The topological polar surface area (TPSA) is 57.5 Å². The van der Waals surface area contributed by atoms with E-state index in [-0.39, 0.29) is 11.8 Å². The molecule has 0 aliphatic heterocycles. The summed E-state index contributed by atoms with van der Waals surface area (Å²) >= 11 is 0. The molecule has 0 saturated carbocycles. The first-order valence-corrected chi connectivity index (χ1v) is 9.78. The summed E-state index contributed by atoms with van der Waals surface area (Å²) in [5.74, 6) is -0.716. The molecule has 0 aromatic rings. The maximum atomic E-state index is 10.4. The third kappa shape index (κ3) is 14.7. The third-order valence-electron chi connectivity index (χ3n) is 4.44. The van der Waals surface area contributed by atoms with Crippen LogP contribution in [0.2, 0.25) is 0 Å². The molecule has 0 aromatic carbocycles. The molecule has 0 aliphatic carbocycles. The number of unbranched alkanes of at least 4 members (excludes halogenated alkanes) is 5. The van der Waals surface area contributed by atoms with E-state index in [4.69, 9.17) is 5.11 Å². The fourth-order valence-electron chi connectivity index (χ4n) is 2.52. The van der Waals surface area contributed by atoms with Gasteiger partial charge in [-0.25, -0.2) is 0 Å². The number of aliphatic hydroxyl groups excluding tert-OH is 1. The average molecular weight is 351 g/mol. The van der Waals surface area contributed by atoms with Crippen molar-refractivity contribution in [2.75, 3.05) is 0 Å². The van der Waals surface area contributed by atoms with Gasteiger partial charge in [0, 0.05) is 6.42 Å². The Hall–Kier alpha value is -1.35. The lowest BCUT2D eigenvalue weighted by atomic mass is 9.81. The van der Waals surface area contributed by atoms with Crippen LogP contribution in [0.1, 0.15) is 85.0 Å². The Morgan fingerprint density at radius 3 is 2.16 bits per heavy atom. The highest BCUT2D eigenvalue weighted by Gasteiger charge is 2.24. The maximum absolute atomic E-state index is 10.4. The van der Waals surface area contributed by atoms with E-state index in [9.17, 15) is 9.90 Å². The van der Waals surface area contributed by atoms with Crippen molar-refractivity contribution in [1.29, 1.82) is 0 Å². The molecule has 25 heavy (non-hydrogen) atoms. The van der Waals surface area contributed by atoms with Crippen LogP contribution in [0.4, 0.5) is 0 Å². The van der Waals surface area contributed by atoms with Gasteiger partial charge in [0.25, 0.3) is 0 Å². The predicted molar refractivity (Wildman–Crippen MR) is 107 cm³/mol. The Labute approximate surface area is 154 Å². The van der Waals surface area contributed by atoms with Gasteiger partial charge in [0.2, 0.25) is 0 Å². The summed E-state index contributed by atoms with van der Waals surface area (Å²) in [5.41, 5.74) is -0.0584. The molecule has 0 saturated heterocycles. The van der Waals surface area contributed by atoms with Gasteiger partial charge in [-0.05, 0) is 50.4 Å². The SMILES string of the molecule is CCCCC(C)(C)C(O)/C=C/C=C/CCCC/C=C/CCCC(=O)O. The number of aliphatic hydroxyl groups is 1. The zero-order chi connectivity index (χ0) is 19.0. The van der Waals surface area contributed by atoms with Crippen molar-refractivity contribution in [2.24, 2.45) is 5.41 Å². The standard InChI is InChI=1S/C22H38O3/c1-4-5-19-22(2,3)20(23)17-15-13-11-9-7-6-8-10-12-14-16-18-21(24)25/h10-13,15,17,20,23H,4-9,14,16,18-19H2,1-3H3,(H,24,25)/b12-10+,13-11+,17-15+. The van der Waals surface area contributed by atoms with Gasteiger partial charge in [-0.3, -0.25) is 4.79 Å². The van der Waals surface area contributed by atoms with E-state index in [2.05, 4.69) is 39.0 Å². The summed E-state index contributed by atoms with van der Waals surface area (Å²) in [6.07, 6.45) is 21.5. The van der Waals surface area contributed by atoms with Crippen LogP contribution in [0.5, 0.6) is 0 Å². The largest absolute Gasteiger partial charge is 0.481 e.